The van der Waals surface area contributed by atoms with Crippen LogP contribution in [0.15, 0.2) is 6.07 Å². The zero-order valence-electron chi connectivity index (χ0n) is 14.9. The summed E-state index contributed by atoms with van der Waals surface area (Å²) in [5.41, 5.74) is 3.19. The Kier molecular flexibility index (Phi) is 4.15. The van der Waals surface area contributed by atoms with Gasteiger partial charge in [-0.25, -0.2) is 0 Å². The van der Waals surface area contributed by atoms with Gasteiger partial charge in [0.25, 0.3) is 0 Å². The fraction of sp³-hybridized carbons (Fsp3) is 0.647. The smallest absolute Gasteiger partial charge is 0.185 e. The van der Waals surface area contributed by atoms with E-state index in [0.717, 1.165) is 16.7 Å². The monoisotopic (exact) mass is 352 g/mol. The van der Waals surface area contributed by atoms with Gasteiger partial charge in [-0.3, -0.25) is 0 Å². The lowest BCUT2D eigenvalue weighted by molar-refractivity contribution is -0.211. The number of ether oxygens (including phenoxy) is 2. The Hall–Kier alpha value is -0.506. The summed E-state index contributed by atoms with van der Waals surface area (Å²) in [5.74, 6) is 0. The van der Waals surface area contributed by atoms with Gasteiger partial charge in [-0.1, -0.05) is 55.7 Å². The fourth-order valence-electron chi connectivity index (χ4n) is 3.80. The first-order valence-electron chi connectivity index (χ1n) is 8.32. The quantitative estimate of drug-likeness (QED) is 0.814. The molecule has 2 N–H and O–H groups in total. The van der Waals surface area contributed by atoms with Gasteiger partial charge in [0, 0.05) is 5.56 Å². The van der Waals surface area contributed by atoms with Crippen LogP contribution in [0.5, 0.6) is 0 Å². The van der Waals surface area contributed by atoms with Gasteiger partial charge in [0.2, 0.25) is 0 Å². The minimum atomic E-state index is -1.69. The average molecular weight is 353 g/mol. The molecule has 3 rings (SSSR count). The Morgan fingerprint density at radius 3 is 2.26 bits per heavy atom. The summed E-state index contributed by atoms with van der Waals surface area (Å²) in [6.07, 6.45) is -1.82. The van der Waals surface area contributed by atoms with Gasteiger partial charge in [0.15, 0.2) is 6.29 Å². The Labute approximate surface area is 140 Å². The topological polar surface area (TPSA) is 58.9 Å². The van der Waals surface area contributed by atoms with E-state index in [-0.39, 0.29) is 6.61 Å². The molecule has 0 spiro atoms. The second-order valence-corrected chi connectivity index (χ2v) is 18.8. The molecule has 2 aliphatic rings. The Morgan fingerprint density at radius 2 is 1.74 bits per heavy atom. The minimum absolute atomic E-state index is 0.196. The Morgan fingerprint density at radius 1 is 1.09 bits per heavy atom. The van der Waals surface area contributed by atoms with E-state index in [4.69, 9.17) is 9.47 Å². The third kappa shape index (κ3) is 2.75. The summed E-state index contributed by atoms with van der Waals surface area (Å²) in [6.45, 7) is 14.4. The third-order valence-corrected chi connectivity index (χ3v) is 9.10. The third-order valence-electron chi connectivity index (χ3n) is 4.80. The van der Waals surface area contributed by atoms with E-state index in [1.165, 1.54) is 10.4 Å². The van der Waals surface area contributed by atoms with Crippen LogP contribution in [-0.2, 0) is 16.1 Å². The van der Waals surface area contributed by atoms with Crippen molar-refractivity contribution in [3.8, 4) is 0 Å². The highest BCUT2D eigenvalue weighted by Gasteiger charge is 2.45. The van der Waals surface area contributed by atoms with Gasteiger partial charge in [-0.05, 0) is 11.1 Å². The molecule has 0 radical (unpaired) electrons. The first kappa shape index (κ1) is 17.3. The van der Waals surface area contributed by atoms with Crippen molar-refractivity contribution in [1.82, 2.24) is 0 Å². The van der Waals surface area contributed by atoms with E-state index in [0.29, 0.717) is 6.61 Å². The van der Waals surface area contributed by atoms with Crippen LogP contribution < -0.4 is 10.4 Å². The van der Waals surface area contributed by atoms with Crippen LogP contribution in [0.2, 0.25) is 39.3 Å². The minimum Gasteiger partial charge on any atom is -0.394 e. The first-order valence-corrected chi connectivity index (χ1v) is 15.3. The van der Waals surface area contributed by atoms with Crippen molar-refractivity contribution in [3.63, 3.8) is 0 Å². The van der Waals surface area contributed by atoms with E-state index < -0.39 is 34.6 Å². The molecule has 6 heteroatoms. The van der Waals surface area contributed by atoms with Crippen LogP contribution in [0.4, 0.5) is 0 Å². The summed E-state index contributed by atoms with van der Waals surface area (Å²) in [6, 6.07) is 2.31. The lowest BCUT2D eigenvalue weighted by Crippen LogP contribution is -2.59. The highest BCUT2D eigenvalue weighted by atomic mass is 28.3. The summed E-state index contributed by atoms with van der Waals surface area (Å²) in [7, 11) is -3.27. The number of benzene rings is 1. The highest BCUT2D eigenvalue weighted by Crippen LogP contribution is 2.43. The van der Waals surface area contributed by atoms with Crippen LogP contribution in [0.1, 0.15) is 29.1 Å². The lowest BCUT2D eigenvalue weighted by Gasteiger charge is -2.39. The van der Waals surface area contributed by atoms with Gasteiger partial charge in [0.05, 0.1) is 29.4 Å². The van der Waals surface area contributed by atoms with Crippen molar-refractivity contribution in [2.75, 3.05) is 6.61 Å². The summed E-state index contributed by atoms with van der Waals surface area (Å²) >= 11 is 0. The SMILES string of the molecule is C[Si](C)(C)c1cc2c3c(c1[Si](C)(C)C)[C@@H](O)[C@@H](CO)O[C@@H]3OC2. The predicted octanol–water partition coefficient (Wildman–Crippen LogP) is 1.73. The van der Waals surface area contributed by atoms with Crippen LogP contribution >= 0.6 is 0 Å². The van der Waals surface area contributed by atoms with Crippen molar-refractivity contribution < 1.29 is 19.7 Å². The maximum absolute atomic E-state index is 10.9. The number of rotatable bonds is 3. The number of hydrogen-bond acceptors (Lipinski definition) is 4. The van der Waals surface area contributed by atoms with Crippen LogP contribution in [0.25, 0.3) is 0 Å². The average Bonchev–Trinajstić information content (AvgIpc) is 2.83. The second kappa shape index (κ2) is 5.51. The van der Waals surface area contributed by atoms with Gasteiger partial charge < -0.3 is 19.7 Å². The van der Waals surface area contributed by atoms with E-state index in [1.807, 2.05) is 0 Å². The molecule has 23 heavy (non-hydrogen) atoms. The first-order chi connectivity index (χ1) is 10.6. The molecule has 0 fully saturated rings. The number of aliphatic hydroxyl groups excluding tert-OH is 2. The van der Waals surface area contributed by atoms with Crippen LogP contribution in [0, 0.1) is 0 Å². The van der Waals surface area contributed by atoms with Crippen molar-refractivity contribution in [2.45, 2.75) is 64.4 Å². The van der Waals surface area contributed by atoms with Crippen LogP contribution in [-0.4, -0.2) is 39.1 Å². The van der Waals surface area contributed by atoms with E-state index >= 15 is 0 Å². The van der Waals surface area contributed by atoms with Crippen molar-refractivity contribution >= 4 is 26.5 Å². The zero-order valence-corrected chi connectivity index (χ0v) is 16.9. The van der Waals surface area contributed by atoms with Gasteiger partial charge >= 0.3 is 0 Å². The molecule has 2 heterocycles. The zero-order chi connectivity index (χ0) is 17.2. The molecule has 3 atom stereocenters. The molecule has 0 saturated carbocycles. The largest absolute Gasteiger partial charge is 0.394 e. The molecule has 2 aliphatic heterocycles. The molecular formula is C17H28O4Si2. The van der Waals surface area contributed by atoms with Crippen molar-refractivity contribution in [2.24, 2.45) is 0 Å². The molecule has 0 saturated heterocycles. The Bertz CT molecular complexity index is 631. The van der Waals surface area contributed by atoms with Crippen LogP contribution in [0.3, 0.4) is 0 Å². The normalized spacial score (nSPS) is 27.2. The predicted molar refractivity (Wildman–Crippen MR) is 96.9 cm³/mol. The molecule has 0 aromatic heterocycles. The molecular weight excluding hydrogens is 324 g/mol. The number of hydrogen-bond donors (Lipinski definition) is 2. The summed E-state index contributed by atoms with van der Waals surface area (Å²) in [4.78, 5) is 0. The lowest BCUT2D eigenvalue weighted by atomic mass is 9.92. The number of aliphatic hydroxyl groups is 2. The maximum atomic E-state index is 10.9. The van der Waals surface area contributed by atoms with E-state index in [9.17, 15) is 10.2 Å². The van der Waals surface area contributed by atoms with Crippen molar-refractivity contribution in [3.05, 3.63) is 22.8 Å². The maximum Gasteiger partial charge on any atom is 0.185 e. The Balaban J connectivity index is 2.36. The van der Waals surface area contributed by atoms with Gasteiger partial charge in [0.1, 0.15) is 12.2 Å². The van der Waals surface area contributed by atoms with Gasteiger partial charge in [-0.15, -0.1) is 0 Å². The molecule has 1 aromatic carbocycles. The standard InChI is InChI=1S/C17H28O4Si2/c1-22(2,3)12-7-10-9-20-17-13(10)14(16(12)23(4,5)6)15(19)11(8-18)21-17/h7,11,15,17-19H,8-9H2,1-6H3/t11-,15+,17+/m1/s1. The van der Waals surface area contributed by atoms with Gasteiger partial charge in [-0.2, -0.15) is 0 Å². The van der Waals surface area contributed by atoms with E-state index in [1.54, 1.807) is 0 Å². The molecule has 0 bridgehead atoms. The molecule has 0 amide bonds. The molecule has 4 nitrogen and oxygen atoms in total. The molecule has 128 valence electrons. The summed E-state index contributed by atoms with van der Waals surface area (Å²) in [5, 5.41) is 23.3. The highest BCUT2D eigenvalue weighted by molar-refractivity contribution is 6.98. The molecule has 1 aromatic rings. The molecule has 0 unspecified atom stereocenters. The molecule has 0 aliphatic carbocycles. The van der Waals surface area contributed by atoms with E-state index in [2.05, 4.69) is 45.3 Å². The van der Waals surface area contributed by atoms with Crippen molar-refractivity contribution in [1.29, 1.82) is 0 Å². The fourth-order valence-corrected chi connectivity index (χ4v) is 9.51. The summed E-state index contributed by atoms with van der Waals surface area (Å²) < 4.78 is 11.6. The second-order valence-electron chi connectivity index (χ2n) is 8.73.